The summed E-state index contributed by atoms with van der Waals surface area (Å²) >= 11 is 6.26. The molecule has 0 fully saturated rings. The molecule has 2 N–H and O–H groups in total. The topological polar surface area (TPSA) is 29.3 Å². The molecule has 0 saturated heterocycles. The predicted octanol–water partition coefficient (Wildman–Crippen LogP) is 4.33. The van der Waals surface area contributed by atoms with Gasteiger partial charge in [0.1, 0.15) is 0 Å². The van der Waals surface area contributed by atoms with E-state index in [-0.39, 0.29) is 0 Å². The highest BCUT2D eigenvalue weighted by atomic mass is 35.5. The van der Waals surface area contributed by atoms with Crippen molar-refractivity contribution in [3.63, 3.8) is 0 Å². The van der Waals surface area contributed by atoms with E-state index >= 15 is 0 Å². The van der Waals surface area contributed by atoms with Crippen molar-refractivity contribution in [1.29, 1.82) is 0 Å². The summed E-state index contributed by atoms with van der Waals surface area (Å²) < 4.78 is 0. The van der Waals surface area contributed by atoms with Crippen LogP contribution in [0, 0.1) is 0 Å². The molecule has 0 unspecified atom stereocenters. The van der Waals surface area contributed by atoms with Gasteiger partial charge in [-0.25, -0.2) is 0 Å². The molecule has 0 aliphatic rings. The quantitative estimate of drug-likeness (QED) is 0.734. The SMILES string of the molecule is CCCCN(CCCC)c1c(N)cccc1Cl. The van der Waals surface area contributed by atoms with Crippen LogP contribution in [-0.4, -0.2) is 13.1 Å². The van der Waals surface area contributed by atoms with Crippen molar-refractivity contribution < 1.29 is 0 Å². The normalized spacial score (nSPS) is 10.5. The molecule has 0 saturated carbocycles. The monoisotopic (exact) mass is 254 g/mol. The number of unbranched alkanes of at least 4 members (excludes halogenated alkanes) is 2. The minimum atomic E-state index is 0.761. The summed E-state index contributed by atoms with van der Waals surface area (Å²) in [6.45, 7) is 6.47. The Morgan fingerprint density at radius 2 is 1.71 bits per heavy atom. The van der Waals surface area contributed by atoms with E-state index in [0.29, 0.717) is 0 Å². The molecule has 1 aromatic rings. The maximum absolute atomic E-state index is 6.26. The van der Waals surface area contributed by atoms with Crippen LogP contribution in [0.5, 0.6) is 0 Å². The van der Waals surface area contributed by atoms with Crippen molar-refractivity contribution in [3.05, 3.63) is 23.2 Å². The molecule has 0 bridgehead atoms. The van der Waals surface area contributed by atoms with Gasteiger partial charge in [0.05, 0.1) is 16.4 Å². The zero-order chi connectivity index (χ0) is 12.7. The first kappa shape index (κ1) is 14.2. The summed E-state index contributed by atoms with van der Waals surface area (Å²) in [5.74, 6) is 0. The lowest BCUT2D eigenvalue weighted by Crippen LogP contribution is -2.26. The maximum atomic E-state index is 6.26. The summed E-state index contributed by atoms with van der Waals surface area (Å²) in [5, 5.41) is 0.761. The minimum absolute atomic E-state index is 0.761. The molecule has 0 aliphatic carbocycles. The van der Waals surface area contributed by atoms with E-state index in [2.05, 4.69) is 18.7 Å². The third-order valence-corrected chi connectivity index (χ3v) is 3.20. The van der Waals surface area contributed by atoms with Gasteiger partial charge in [-0.15, -0.1) is 0 Å². The zero-order valence-corrected chi connectivity index (χ0v) is 11.6. The van der Waals surface area contributed by atoms with Crippen molar-refractivity contribution in [3.8, 4) is 0 Å². The first-order valence-corrected chi connectivity index (χ1v) is 6.87. The second-order valence-electron chi connectivity index (χ2n) is 4.37. The van der Waals surface area contributed by atoms with Crippen LogP contribution in [0.25, 0.3) is 0 Å². The number of nitrogen functional groups attached to an aromatic ring is 1. The average molecular weight is 255 g/mol. The number of hydrogen-bond donors (Lipinski definition) is 1. The number of benzene rings is 1. The molecule has 1 aromatic carbocycles. The summed E-state index contributed by atoms with van der Waals surface area (Å²) in [6, 6.07) is 5.74. The summed E-state index contributed by atoms with van der Waals surface area (Å²) in [5.41, 5.74) is 7.83. The number of nitrogens with zero attached hydrogens (tertiary/aromatic N) is 1. The van der Waals surface area contributed by atoms with Crippen molar-refractivity contribution in [1.82, 2.24) is 0 Å². The number of rotatable bonds is 7. The van der Waals surface area contributed by atoms with Crippen molar-refractivity contribution in [2.24, 2.45) is 0 Å². The largest absolute Gasteiger partial charge is 0.397 e. The molecule has 0 amide bonds. The molecule has 0 radical (unpaired) electrons. The van der Waals surface area contributed by atoms with Crippen molar-refractivity contribution >= 4 is 23.0 Å². The predicted molar refractivity (Wildman–Crippen MR) is 77.9 cm³/mol. The smallest absolute Gasteiger partial charge is 0.0789 e. The Hall–Kier alpha value is -0.890. The van der Waals surface area contributed by atoms with Gasteiger partial charge in [-0.1, -0.05) is 44.4 Å². The van der Waals surface area contributed by atoms with Crippen molar-refractivity contribution in [2.45, 2.75) is 39.5 Å². The molecule has 0 heterocycles. The Bertz CT molecular complexity index is 311. The first-order chi connectivity index (χ1) is 8.20. The number of hydrogen-bond acceptors (Lipinski definition) is 2. The molecule has 0 spiro atoms. The standard InChI is InChI=1S/C14H23ClN2/c1-3-5-10-17(11-6-4-2)14-12(15)8-7-9-13(14)16/h7-9H,3-6,10-11,16H2,1-2H3. The van der Waals surface area contributed by atoms with E-state index in [1.807, 2.05) is 18.2 Å². The third-order valence-electron chi connectivity index (χ3n) is 2.90. The van der Waals surface area contributed by atoms with Crippen LogP contribution in [0.2, 0.25) is 5.02 Å². The van der Waals surface area contributed by atoms with E-state index in [4.69, 9.17) is 17.3 Å². The summed E-state index contributed by atoms with van der Waals surface area (Å²) in [6.07, 6.45) is 4.72. The van der Waals surface area contributed by atoms with Crippen LogP contribution in [-0.2, 0) is 0 Å². The van der Waals surface area contributed by atoms with Crippen LogP contribution < -0.4 is 10.6 Å². The van der Waals surface area contributed by atoms with Gasteiger partial charge < -0.3 is 10.6 Å². The fourth-order valence-electron chi connectivity index (χ4n) is 1.90. The number of para-hydroxylation sites is 1. The van der Waals surface area contributed by atoms with Gasteiger partial charge in [-0.05, 0) is 25.0 Å². The number of anilines is 2. The molecule has 1 rings (SSSR count). The molecule has 0 aromatic heterocycles. The van der Waals surface area contributed by atoms with Crippen LogP contribution >= 0.6 is 11.6 Å². The second kappa shape index (κ2) is 7.44. The maximum Gasteiger partial charge on any atom is 0.0789 e. The zero-order valence-electron chi connectivity index (χ0n) is 10.9. The summed E-state index contributed by atoms with van der Waals surface area (Å²) in [4.78, 5) is 2.32. The Labute approximate surface area is 110 Å². The molecule has 3 heteroatoms. The molecule has 0 atom stereocenters. The molecule has 17 heavy (non-hydrogen) atoms. The van der Waals surface area contributed by atoms with Crippen LogP contribution in [0.3, 0.4) is 0 Å². The van der Waals surface area contributed by atoms with E-state index < -0.39 is 0 Å². The number of nitrogens with two attached hydrogens (primary N) is 1. The van der Waals surface area contributed by atoms with Crippen LogP contribution in [0.15, 0.2) is 18.2 Å². The average Bonchev–Trinajstić information content (AvgIpc) is 2.31. The van der Waals surface area contributed by atoms with Gasteiger partial charge in [0, 0.05) is 13.1 Å². The van der Waals surface area contributed by atoms with Crippen molar-refractivity contribution in [2.75, 3.05) is 23.7 Å². The van der Waals surface area contributed by atoms with E-state index in [9.17, 15) is 0 Å². The van der Waals surface area contributed by atoms with Gasteiger partial charge in [0.2, 0.25) is 0 Å². The Morgan fingerprint density at radius 1 is 1.12 bits per heavy atom. The first-order valence-electron chi connectivity index (χ1n) is 6.49. The van der Waals surface area contributed by atoms with E-state index in [1.165, 1.54) is 25.7 Å². The van der Waals surface area contributed by atoms with E-state index in [1.54, 1.807) is 0 Å². The molecular weight excluding hydrogens is 232 g/mol. The summed E-state index contributed by atoms with van der Waals surface area (Å²) in [7, 11) is 0. The fraction of sp³-hybridized carbons (Fsp3) is 0.571. The van der Waals surface area contributed by atoms with Gasteiger partial charge in [0.25, 0.3) is 0 Å². The lowest BCUT2D eigenvalue weighted by molar-refractivity contribution is 0.679. The fourth-order valence-corrected chi connectivity index (χ4v) is 2.20. The van der Waals surface area contributed by atoms with Gasteiger partial charge in [-0.2, -0.15) is 0 Å². The van der Waals surface area contributed by atoms with Gasteiger partial charge >= 0.3 is 0 Å². The lowest BCUT2D eigenvalue weighted by atomic mass is 10.2. The van der Waals surface area contributed by atoms with Crippen LogP contribution in [0.1, 0.15) is 39.5 Å². The Kier molecular flexibility index (Phi) is 6.20. The second-order valence-corrected chi connectivity index (χ2v) is 4.78. The Morgan fingerprint density at radius 3 is 2.18 bits per heavy atom. The Balaban J connectivity index is 2.86. The number of halogens is 1. The lowest BCUT2D eigenvalue weighted by Gasteiger charge is -2.27. The van der Waals surface area contributed by atoms with E-state index in [0.717, 1.165) is 29.5 Å². The minimum Gasteiger partial charge on any atom is -0.397 e. The highest BCUT2D eigenvalue weighted by Gasteiger charge is 2.12. The molecule has 2 nitrogen and oxygen atoms in total. The molecule has 0 aliphatic heterocycles. The van der Waals surface area contributed by atoms with Crippen LogP contribution in [0.4, 0.5) is 11.4 Å². The van der Waals surface area contributed by atoms with Gasteiger partial charge in [0.15, 0.2) is 0 Å². The molecular formula is C14H23ClN2. The highest BCUT2D eigenvalue weighted by Crippen LogP contribution is 2.32. The van der Waals surface area contributed by atoms with Gasteiger partial charge in [-0.3, -0.25) is 0 Å². The highest BCUT2D eigenvalue weighted by molar-refractivity contribution is 6.34. The molecule has 96 valence electrons. The third kappa shape index (κ3) is 4.12.